The first-order valence-corrected chi connectivity index (χ1v) is 6.06. The van der Waals surface area contributed by atoms with E-state index in [4.69, 9.17) is 4.42 Å². The molecule has 0 saturated heterocycles. The van der Waals surface area contributed by atoms with Crippen molar-refractivity contribution in [3.05, 3.63) is 42.2 Å². The molecule has 0 atom stereocenters. The highest BCUT2D eigenvalue weighted by atomic mass is 16.3. The Morgan fingerprint density at radius 3 is 2.94 bits per heavy atom. The Bertz CT molecular complexity index is 470. The van der Waals surface area contributed by atoms with Crippen LogP contribution in [0.15, 0.2) is 35.2 Å². The van der Waals surface area contributed by atoms with Gasteiger partial charge in [-0.1, -0.05) is 0 Å². The normalized spacial score (nSPS) is 10.6. The zero-order valence-corrected chi connectivity index (χ0v) is 10.8. The summed E-state index contributed by atoms with van der Waals surface area (Å²) in [7, 11) is 1.90. The van der Waals surface area contributed by atoms with E-state index in [0.717, 1.165) is 30.4 Å². The van der Waals surface area contributed by atoms with Gasteiger partial charge < -0.3 is 14.6 Å². The number of nitrogens with one attached hydrogen (secondary N) is 1. The topological polar surface area (TPSA) is 54.2 Å². The second-order valence-electron chi connectivity index (χ2n) is 3.99. The first-order valence-electron chi connectivity index (χ1n) is 6.06. The van der Waals surface area contributed by atoms with Gasteiger partial charge in [0.25, 0.3) is 0 Å². The summed E-state index contributed by atoms with van der Waals surface area (Å²) in [6.45, 7) is 4.38. The van der Waals surface area contributed by atoms with Crippen molar-refractivity contribution < 1.29 is 4.42 Å². The summed E-state index contributed by atoms with van der Waals surface area (Å²) in [4.78, 5) is 10.9. The molecule has 2 aromatic rings. The Hall–Kier alpha value is -1.88. The van der Waals surface area contributed by atoms with Crippen molar-refractivity contribution in [3.8, 4) is 0 Å². The minimum atomic E-state index is 0.710. The van der Waals surface area contributed by atoms with Gasteiger partial charge >= 0.3 is 0 Å². The van der Waals surface area contributed by atoms with Crippen molar-refractivity contribution in [2.45, 2.75) is 20.0 Å². The van der Waals surface area contributed by atoms with Crippen molar-refractivity contribution in [1.82, 2.24) is 15.3 Å². The molecule has 0 saturated carbocycles. The van der Waals surface area contributed by atoms with E-state index in [9.17, 15) is 0 Å². The molecule has 0 aromatic carbocycles. The monoisotopic (exact) mass is 246 g/mol. The van der Waals surface area contributed by atoms with Crippen LogP contribution >= 0.6 is 0 Å². The Kier molecular flexibility index (Phi) is 4.30. The van der Waals surface area contributed by atoms with E-state index in [0.29, 0.717) is 6.54 Å². The summed E-state index contributed by atoms with van der Waals surface area (Å²) in [5, 5.41) is 3.07. The van der Waals surface area contributed by atoms with Gasteiger partial charge in [0, 0.05) is 19.3 Å². The number of anilines is 1. The molecule has 5 nitrogen and oxygen atoms in total. The average molecular weight is 246 g/mol. The lowest BCUT2D eigenvalue weighted by Crippen LogP contribution is -2.23. The molecule has 2 aromatic heterocycles. The van der Waals surface area contributed by atoms with Crippen LogP contribution in [0.5, 0.6) is 0 Å². The summed E-state index contributed by atoms with van der Waals surface area (Å²) < 4.78 is 5.36. The van der Waals surface area contributed by atoms with Crippen LogP contribution in [0.2, 0.25) is 0 Å². The summed E-state index contributed by atoms with van der Waals surface area (Å²) in [6, 6.07) is 3.86. The fourth-order valence-corrected chi connectivity index (χ4v) is 1.76. The maximum Gasteiger partial charge on any atom is 0.147 e. The van der Waals surface area contributed by atoms with Gasteiger partial charge in [-0.3, -0.25) is 4.98 Å². The highest BCUT2D eigenvalue weighted by molar-refractivity contribution is 5.36. The number of aromatic nitrogens is 2. The number of hydrogen-bond donors (Lipinski definition) is 1. The highest BCUT2D eigenvalue weighted by Crippen LogP contribution is 2.14. The zero-order chi connectivity index (χ0) is 12.8. The predicted molar refractivity (Wildman–Crippen MR) is 70.2 cm³/mol. The average Bonchev–Trinajstić information content (AvgIpc) is 2.89. The second-order valence-corrected chi connectivity index (χ2v) is 3.99. The van der Waals surface area contributed by atoms with E-state index >= 15 is 0 Å². The molecule has 0 unspecified atom stereocenters. The molecule has 0 fully saturated rings. The first-order chi connectivity index (χ1) is 8.83. The first kappa shape index (κ1) is 12.6. The molecule has 0 amide bonds. The Labute approximate surface area is 107 Å². The lowest BCUT2D eigenvalue weighted by atomic mass is 10.3. The van der Waals surface area contributed by atoms with Crippen LogP contribution in [0.25, 0.3) is 0 Å². The van der Waals surface area contributed by atoms with Crippen molar-refractivity contribution in [2.24, 2.45) is 0 Å². The number of furan rings is 1. The molecule has 0 aliphatic heterocycles. The van der Waals surface area contributed by atoms with Crippen LogP contribution in [0.1, 0.15) is 18.4 Å². The molecular formula is C13H18N4O. The smallest absolute Gasteiger partial charge is 0.147 e. The summed E-state index contributed by atoms with van der Waals surface area (Å²) in [5.74, 6) is 1.80. The molecule has 5 heteroatoms. The molecule has 18 heavy (non-hydrogen) atoms. The molecule has 0 radical (unpaired) electrons. The van der Waals surface area contributed by atoms with Crippen LogP contribution in [0.3, 0.4) is 0 Å². The van der Waals surface area contributed by atoms with Gasteiger partial charge in [0.15, 0.2) is 0 Å². The Balaban J connectivity index is 2.13. The molecule has 0 spiro atoms. The fraction of sp³-hybridized carbons (Fsp3) is 0.385. The van der Waals surface area contributed by atoms with Gasteiger partial charge in [0.2, 0.25) is 0 Å². The zero-order valence-electron chi connectivity index (χ0n) is 10.8. The van der Waals surface area contributed by atoms with Gasteiger partial charge in [-0.05, 0) is 26.1 Å². The van der Waals surface area contributed by atoms with E-state index in [1.54, 1.807) is 18.7 Å². The SMILES string of the molecule is CCN(Cc1ccco1)c1cncc(CNC)n1. The van der Waals surface area contributed by atoms with Crippen molar-refractivity contribution in [2.75, 3.05) is 18.5 Å². The Morgan fingerprint density at radius 2 is 2.28 bits per heavy atom. The third-order valence-electron chi connectivity index (χ3n) is 2.66. The van der Waals surface area contributed by atoms with Gasteiger partial charge in [-0.15, -0.1) is 0 Å². The van der Waals surface area contributed by atoms with E-state index in [1.807, 2.05) is 19.2 Å². The van der Waals surface area contributed by atoms with Crippen LogP contribution in [-0.2, 0) is 13.1 Å². The maximum absolute atomic E-state index is 5.36. The quantitative estimate of drug-likeness (QED) is 0.842. The third kappa shape index (κ3) is 3.07. The molecule has 96 valence electrons. The van der Waals surface area contributed by atoms with E-state index < -0.39 is 0 Å². The molecular weight excluding hydrogens is 228 g/mol. The fourth-order valence-electron chi connectivity index (χ4n) is 1.76. The van der Waals surface area contributed by atoms with Gasteiger partial charge in [-0.25, -0.2) is 4.98 Å². The van der Waals surface area contributed by atoms with E-state index in [1.165, 1.54) is 0 Å². The maximum atomic E-state index is 5.36. The highest BCUT2D eigenvalue weighted by Gasteiger charge is 2.09. The summed E-state index contributed by atoms with van der Waals surface area (Å²) in [6.07, 6.45) is 5.25. The second kappa shape index (κ2) is 6.16. The molecule has 1 N–H and O–H groups in total. The standard InChI is InChI=1S/C13H18N4O/c1-3-17(10-12-5-4-6-18-12)13-9-15-8-11(16-13)7-14-2/h4-6,8-9,14H,3,7,10H2,1-2H3. The summed E-state index contributed by atoms with van der Waals surface area (Å²) >= 11 is 0. The van der Waals surface area contributed by atoms with Gasteiger partial charge in [0.1, 0.15) is 11.6 Å². The minimum absolute atomic E-state index is 0.710. The number of nitrogens with zero attached hydrogens (tertiary/aromatic N) is 3. The summed E-state index contributed by atoms with van der Waals surface area (Å²) in [5.41, 5.74) is 0.938. The molecule has 0 aliphatic carbocycles. The minimum Gasteiger partial charge on any atom is -0.467 e. The molecule has 2 heterocycles. The molecule has 2 rings (SSSR count). The lowest BCUT2D eigenvalue weighted by Gasteiger charge is -2.20. The predicted octanol–water partition coefficient (Wildman–Crippen LogP) is 1.82. The Morgan fingerprint density at radius 1 is 1.39 bits per heavy atom. The molecule has 0 aliphatic rings. The number of rotatable bonds is 6. The molecule has 0 bridgehead atoms. The van der Waals surface area contributed by atoms with Gasteiger partial charge in [0.05, 0.1) is 24.7 Å². The number of hydrogen-bond acceptors (Lipinski definition) is 5. The largest absolute Gasteiger partial charge is 0.467 e. The van der Waals surface area contributed by atoms with Crippen LogP contribution in [0.4, 0.5) is 5.82 Å². The van der Waals surface area contributed by atoms with Crippen LogP contribution in [0, 0.1) is 0 Å². The van der Waals surface area contributed by atoms with Crippen molar-refractivity contribution in [1.29, 1.82) is 0 Å². The van der Waals surface area contributed by atoms with E-state index in [-0.39, 0.29) is 0 Å². The van der Waals surface area contributed by atoms with Crippen LogP contribution < -0.4 is 10.2 Å². The van der Waals surface area contributed by atoms with Crippen molar-refractivity contribution in [3.63, 3.8) is 0 Å². The third-order valence-corrected chi connectivity index (χ3v) is 2.66. The van der Waals surface area contributed by atoms with E-state index in [2.05, 4.69) is 27.1 Å². The van der Waals surface area contributed by atoms with Crippen molar-refractivity contribution >= 4 is 5.82 Å². The van der Waals surface area contributed by atoms with Crippen LogP contribution in [-0.4, -0.2) is 23.6 Å². The van der Waals surface area contributed by atoms with Gasteiger partial charge in [-0.2, -0.15) is 0 Å². The lowest BCUT2D eigenvalue weighted by molar-refractivity contribution is 0.502.